The lowest BCUT2D eigenvalue weighted by molar-refractivity contribution is -0.130. The van der Waals surface area contributed by atoms with E-state index in [2.05, 4.69) is 5.32 Å². The van der Waals surface area contributed by atoms with Crippen LogP contribution in [0, 0.1) is 11.8 Å². The molecule has 150 valence electrons. The summed E-state index contributed by atoms with van der Waals surface area (Å²) in [6.07, 6.45) is 3.33. The predicted octanol–water partition coefficient (Wildman–Crippen LogP) is 2.21. The summed E-state index contributed by atoms with van der Waals surface area (Å²) in [7, 11) is 0. The number of nitrogens with one attached hydrogen (secondary N) is 1. The highest BCUT2D eigenvalue weighted by Crippen LogP contribution is 2.37. The van der Waals surface area contributed by atoms with Crippen LogP contribution in [0.1, 0.15) is 43.0 Å². The number of ether oxygens (including phenoxy) is 1. The summed E-state index contributed by atoms with van der Waals surface area (Å²) in [5.41, 5.74) is 6.66. The van der Waals surface area contributed by atoms with Gasteiger partial charge in [0.15, 0.2) is 0 Å². The van der Waals surface area contributed by atoms with Crippen molar-refractivity contribution < 1.29 is 14.3 Å². The van der Waals surface area contributed by atoms with Crippen LogP contribution in [0.2, 0.25) is 0 Å². The SMILES string of the molecule is CCOc1ccccc1C(=O)NCCCC(=O)N1CC2CCC(N)C2C1.Cl. The molecule has 2 amide bonds. The van der Waals surface area contributed by atoms with Gasteiger partial charge in [-0.05, 0) is 50.2 Å². The minimum atomic E-state index is -0.164. The third-order valence-electron chi connectivity index (χ3n) is 5.55. The van der Waals surface area contributed by atoms with Gasteiger partial charge in [-0.25, -0.2) is 0 Å². The maximum Gasteiger partial charge on any atom is 0.255 e. The van der Waals surface area contributed by atoms with Gasteiger partial charge in [-0.15, -0.1) is 12.4 Å². The molecule has 0 spiro atoms. The predicted molar refractivity (Wildman–Crippen MR) is 107 cm³/mol. The van der Waals surface area contributed by atoms with Crippen molar-refractivity contribution in [3.05, 3.63) is 29.8 Å². The van der Waals surface area contributed by atoms with Gasteiger partial charge in [0.2, 0.25) is 5.91 Å². The summed E-state index contributed by atoms with van der Waals surface area (Å²) < 4.78 is 5.48. The Kier molecular flexibility index (Phi) is 7.92. The number of carbonyl (C=O) groups excluding carboxylic acids is 2. The van der Waals surface area contributed by atoms with Crippen LogP contribution in [0.4, 0.5) is 0 Å². The Labute approximate surface area is 167 Å². The molecule has 0 radical (unpaired) electrons. The molecule has 6 nitrogen and oxygen atoms in total. The van der Waals surface area contributed by atoms with Crippen LogP contribution in [0.3, 0.4) is 0 Å². The van der Waals surface area contributed by atoms with E-state index in [1.807, 2.05) is 24.0 Å². The summed E-state index contributed by atoms with van der Waals surface area (Å²) >= 11 is 0. The molecule has 1 aromatic carbocycles. The van der Waals surface area contributed by atoms with E-state index in [1.165, 1.54) is 0 Å². The van der Waals surface area contributed by atoms with E-state index >= 15 is 0 Å². The number of amides is 2. The number of hydrogen-bond donors (Lipinski definition) is 2. The van der Waals surface area contributed by atoms with Crippen molar-refractivity contribution in [1.82, 2.24) is 10.2 Å². The van der Waals surface area contributed by atoms with E-state index in [4.69, 9.17) is 10.5 Å². The van der Waals surface area contributed by atoms with Crippen molar-refractivity contribution in [3.63, 3.8) is 0 Å². The third kappa shape index (κ3) is 5.14. The molecule has 1 aliphatic carbocycles. The Morgan fingerprint density at radius 1 is 1.26 bits per heavy atom. The molecule has 2 fully saturated rings. The monoisotopic (exact) mass is 395 g/mol. The van der Waals surface area contributed by atoms with Crippen LogP contribution >= 0.6 is 12.4 Å². The molecule has 3 N–H and O–H groups in total. The Bertz CT molecular complexity index is 655. The molecule has 0 aromatic heterocycles. The molecule has 3 rings (SSSR count). The summed E-state index contributed by atoms with van der Waals surface area (Å²) in [5.74, 6) is 1.67. The van der Waals surface area contributed by atoms with Gasteiger partial charge in [0, 0.05) is 32.1 Å². The van der Waals surface area contributed by atoms with Crippen molar-refractivity contribution in [1.29, 1.82) is 0 Å². The molecule has 7 heteroatoms. The van der Waals surface area contributed by atoms with Crippen LogP contribution in [0.25, 0.3) is 0 Å². The third-order valence-corrected chi connectivity index (χ3v) is 5.55. The molecule has 1 heterocycles. The van der Waals surface area contributed by atoms with E-state index in [0.29, 0.717) is 49.1 Å². The molecule has 1 saturated carbocycles. The van der Waals surface area contributed by atoms with Gasteiger partial charge in [-0.3, -0.25) is 9.59 Å². The van der Waals surface area contributed by atoms with Crippen molar-refractivity contribution in [2.24, 2.45) is 17.6 Å². The number of carbonyl (C=O) groups is 2. The first-order valence-corrected chi connectivity index (χ1v) is 9.63. The van der Waals surface area contributed by atoms with Crippen LogP contribution < -0.4 is 15.8 Å². The van der Waals surface area contributed by atoms with E-state index in [9.17, 15) is 9.59 Å². The van der Waals surface area contributed by atoms with E-state index in [1.54, 1.807) is 12.1 Å². The molecule has 0 bridgehead atoms. The average Bonchev–Trinajstić information content (AvgIpc) is 3.21. The zero-order valence-electron chi connectivity index (χ0n) is 15.9. The fourth-order valence-electron chi connectivity index (χ4n) is 4.14. The lowest BCUT2D eigenvalue weighted by Crippen LogP contribution is -2.34. The highest BCUT2D eigenvalue weighted by Gasteiger charge is 2.42. The molecule has 27 heavy (non-hydrogen) atoms. The standard InChI is InChI=1S/C20H29N3O3.ClH/c1-2-26-18-7-4-3-6-15(18)20(25)22-11-5-8-19(24)23-12-14-9-10-17(21)16(14)13-23;/h3-4,6-7,14,16-17H,2,5,8-13,21H2,1H3,(H,22,25);1H. The van der Waals surface area contributed by atoms with Crippen molar-refractivity contribution >= 4 is 24.2 Å². The zero-order valence-corrected chi connectivity index (χ0v) is 16.7. The van der Waals surface area contributed by atoms with Gasteiger partial charge < -0.3 is 20.7 Å². The molecular weight excluding hydrogens is 366 g/mol. The lowest BCUT2D eigenvalue weighted by Gasteiger charge is -2.18. The number of rotatable bonds is 7. The summed E-state index contributed by atoms with van der Waals surface area (Å²) in [4.78, 5) is 26.7. The molecular formula is C20H30ClN3O3. The number of benzene rings is 1. The van der Waals surface area contributed by atoms with Gasteiger partial charge in [0.1, 0.15) is 5.75 Å². The highest BCUT2D eigenvalue weighted by molar-refractivity contribution is 5.96. The summed E-state index contributed by atoms with van der Waals surface area (Å²) in [5, 5.41) is 2.88. The normalized spacial score (nSPS) is 23.5. The van der Waals surface area contributed by atoms with Crippen LogP contribution in [-0.2, 0) is 4.79 Å². The number of hydrogen-bond acceptors (Lipinski definition) is 4. The zero-order chi connectivity index (χ0) is 18.5. The Morgan fingerprint density at radius 3 is 2.78 bits per heavy atom. The van der Waals surface area contributed by atoms with E-state index in [0.717, 1.165) is 25.9 Å². The number of nitrogens with zero attached hydrogens (tertiary/aromatic N) is 1. The number of likely N-dealkylation sites (tertiary alicyclic amines) is 1. The fraction of sp³-hybridized carbons (Fsp3) is 0.600. The van der Waals surface area contributed by atoms with Crippen LogP contribution in [0.15, 0.2) is 24.3 Å². The molecule has 1 aromatic rings. The second kappa shape index (κ2) is 9.95. The van der Waals surface area contributed by atoms with Gasteiger partial charge in [0.25, 0.3) is 5.91 Å². The average molecular weight is 396 g/mol. The van der Waals surface area contributed by atoms with Gasteiger partial charge in [-0.1, -0.05) is 12.1 Å². The first kappa shape index (κ1) is 21.5. The van der Waals surface area contributed by atoms with Crippen LogP contribution in [-0.4, -0.2) is 49.0 Å². The quantitative estimate of drug-likeness (QED) is 0.693. The molecule has 1 saturated heterocycles. The number of nitrogens with two attached hydrogens (primary N) is 1. The first-order chi connectivity index (χ1) is 12.6. The van der Waals surface area contributed by atoms with Gasteiger partial charge in [-0.2, -0.15) is 0 Å². The minimum absolute atomic E-state index is 0. The first-order valence-electron chi connectivity index (χ1n) is 9.63. The maximum absolute atomic E-state index is 12.4. The topological polar surface area (TPSA) is 84.7 Å². The van der Waals surface area contributed by atoms with Gasteiger partial charge in [0.05, 0.1) is 12.2 Å². The Balaban J connectivity index is 0.00000261. The van der Waals surface area contributed by atoms with Crippen molar-refractivity contribution in [2.75, 3.05) is 26.2 Å². The molecule has 3 atom stereocenters. The second-order valence-corrected chi connectivity index (χ2v) is 7.25. The number of para-hydroxylation sites is 1. The summed E-state index contributed by atoms with van der Waals surface area (Å²) in [6.45, 7) is 4.54. The van der Waals surface area contributed by atoms with E-state index in [-0.39, 0.29) is 30.3 Å². The maximum atomic E-state index is 12.4. The summed E-state index contributed by atoms with van der Waals surface area (Å²) in [6, 6.07) is 7.45. The van der Waals surface area contributed by atoms with E-state index < -0.39 is 0 Å². The number of fused-ring (bicyclic) bond motifs is 1. The lowest BCUT2D eigenvalue weighted by atomic mass is 9.98. The molecule has 3 unspecified atom stereocenters. The second-order valence-electron chi connectivity index (χ2n) is 7.25. The minimum Gasteiger partial charge on any atom is -0.493 e. The Hall–Kier alpha value is -1.79. The van der Waals surface area contributed by atoms with Crippen molar-refractivity contribution in [2.45, 2.75) is 38.6 Å². The smallest absolute Gasteiger partial charge is 0.255 e. The number of halogens is 1. The highest BCUT2D eigenvalue weighted by atomic mass is 35.5. The van der Waals surface area contributed by atoms with Gasteiger partial charge >= 0.3 is 0 Å². The Morgan fingerprint density at radius 2 is 2.04 bits per heavy atom. The van der Waals surface area contributed by atoms with Crippen molar-refractivity contribution in [3.8, 4) is 5.75 Å². The fourth-order valence-corrected chi connectivity index (χ4v) is 4.14. The van der Waals surface area contributed by atoms with Crippen LogP contribution in [0.5, 0.6) is 5.75 Å². The largest absolute Gasteiger partial charge is 0.493 e. The molecule has 1 aliphatic heterocycles. The molecule has 2 aliphatic rings.